The van der Waals surface area contributed by atoms with E-state index < -0.39 is 5.97 Å². The number of hydrogen-bond donors (Lipinski definition) is 0. The van der Waals surface area contributed by atoms with Gasteiger partial charge in [-0.25, -0.2) is 9.78 Å². The second-order valence-electron chi connectivity index (χ2n) is 7.40. The number of nitriles is 1. The average Bonchev–Trinajstić information content (AvgIpc) is 3.24. The summed E-state index contributed by atoms with van der Waals surface area (Å²) in [5, 5.41) is 9.71. The van der Waals surface area contributed by atoms with Gasteiger partial charge in [-0.2, -0.15) is 5.26 Å². The molecule has 4 rings (SSSR count). The van der Waals surface area contributed by atoms with Crippen LogP contribution in [0, 0.1) is 11.3 Å². The normalized spacial score (nSPS) is 13.2. The van der Waals surface area contributed by atoms with Gasteiger partial charge < -0.3 is 14.2 Å². The average molecular weight is 426 g/mol. The lowest BCUT2D eigenvalue weighted by molar-refractivity contribution is 0.0600. The van der Waals surface area contributed by atoms with Gasteiger partial charge in [0.05, 0.1) is 37.1 Å². The van der Waals surface area contributed by atoms with Crippen LogP contribution in [0.3, 0.4) is 0 Å². The van der Waals surface area contributed by atoms with Crippen molar-refractivity contribution in [2.75, 3.05) is 14.2 Å². The van der Waals surface area contributed by atoms with E-state index in [2.05, 4.69) is 23.2 Å². The van der Waals surface area contributed by atoms with Gasteiger partial charge in [-0.15, -0.1) is 0 Å². The Balaban J connectivity index is 1.61. The summed E-state index contributed by atoms with van der Waals surface area (Å²) in [7, 11) is 2.89. The highest BCUT2D eigenvalue weighted by Gasteiger charge is 2.24. The summed E-state index contributed by atoms with van der Waals surface area (Å²) in [6.07, 6.45) is 3.25. The molecule has 0 N–H and O–H groups in total. The molecule has 0 spiro atoms. The molecule has 1 aliphatic carbocycles. The summed E-state index contributed by atoms with van der Waals surface area (Å²) in [4.78, 5) is 16.4. The fourth-order valence-electron chi connectivity index (χ4n) is 3.78. The van der Waals surface area contributed by atoms with Crippen molar-refractivity contribution in [3.05, 3.63) is 88.6 Å². The molecule has 160 valence electrons. The molecule has 0 radical (unpaired) electrons. The summed E-state index contributed by atoms with van der Waals surface area (Å²) in [6.45, 7) is 0. The number of aromatic nitrogens is 1. The maximum atomic E-state index is 11.8. The van der Waals surface area contributed by atoms with Crippen LogP contribution >= 0.6 is 0 Å². The first-order valence-electron chi connectivity index (χ1n) is 10.2. The van der Waals surface area contributed by atoms with Gasteiger partial charge in [0, 0.05) is 12.8 Å². The Labute approximate surface area is 186 Å². The number of methoxy groups -OCH3 is 2. The number of carbonyl (C=O) groups is 1. The quantitative estimate of drug-likeness (QED) is 0.427. The van der Waals surface area contributed by atoms with Crippen LogP contribution < -0.4 is 9.47 Å². The van der Waals surface area contributed by atoms with Crippen LogP contribution in [0.5, 0.6) is 11.6 Å². The van der Waals surface area contributed by atoms with E-state index in [1.54, 1.807) is 49.6 Å². The molecule has 2 aromatic carbocycles. The lowest BCUT2D eigenvalue weighted by Crippen LogP contribution is -2.17. The highest BCUT2D eigenvalue weighted by molar-refractivity contribution is 5.94. The number of ether oxygens (including phenoxy) is 3. The first kappa shape index (κ1) is 21.1. The molecule has 1 aromatic heterocycles. The van der Waals surface area contributed by atoms with Crippen molar-refractivity contribution >= 4 is 17.6 Å². The van der Waals surface area contributed by atoms with Crippen molar-refractivity contribution in [3.63, 3.8) is 0 Å². The van der Waals surface area contributed by atoms with Crippen LogP contribution in [0.4, 0.5) is 0 Å². The van der Waals surface area contributed by atoms with Gasteiger partial charge >= 0.3 is 5.97 Å². The van der Waals surface area contributed by atoms with Gasteiger partial charge in [-0.1, -0.05) is 36.4 Å². The number of carbonyl (C=O) groups excluding carboxylic acids is 1. The molecule has 0 bridgehead atoms. The maximum absolute atomic E-state index is 11.8. The predicted octanol–water partition coefficient (Wildman–Crippen LogP) is 4.49. The minimum atomic E-state index is -0.458. The van der Waals surface area contributed by atoms with E-state index in [1.165, 1.54) is 18.2 Å². The fourth-order valence-corrected chi connectivity index (χ4v) is 3.78. The second-order valence-corrected chi connectivity index (χ2v) is 7.40. The van der Waals surface area contributed by atoms with E-state index in [0.717, 1.165) is 12.8 Å². The fraction of sp³-hybridized carbons (Fsp3) is 0.192. The van der Waals surface area contributed by atoms with Crippen LogP contribution in [0.15, 0.2) is 60.7 Å². The number of nitrogens with zero attached hydrogens (tertiary/aromatic N) is 2. The van der Waals surface area contributed by atoms with Crippen LogP contribution in [0.1, 0.15) is 32.7 Å². The SMILES string of the molecule is COC(=O)c1cccc(/C(C#N)=C/c2ccc(OC)c(OC3Cc4ccccc4C3)n2)c1. The van der Waals surface area contributed by atoms with Crippen molar-refractivity contribution in [1.29, 1.82) is 5.26 Å². The maximum Gasteiger partial charge on any atom is 0.337 e. The number of rotatable bonds is 6. The summed E-state index contributed by atoms with van der Waals surface area (Å²) in [6, 6.07) is 20.7. The van der Waals surface area contributed by atoms with Gasteiger partial charge in [-0.05, 0) is 47.0 Å². The largest absolute Gasteiger partial charge is 0.491 e. The molecule has 6 heteroatoms. The van der Waals surface area contributed by atoms with Crippen LogP contribution in [-0.4, -0.2) is 31.3 Å². The van der Waals surface area contributed by atoms with Gasteiger partial charge in [0.2, 0.25) is 0 Å². The van der Waals surface area contributed by atoms with Crippen molar-refractivity contribution in [1.82, 2.24) is 4.98 Å². The summed E-state index contributed by atoms with van der Waals surface area (Å²) in [5.41, 5.74) is 4.46. The number of pyridine rings is 1. The molecule has 6 nitrogen and oxygen atoms in total. The van der Waals surface area contributed by atoms with Crippen molar-refractivity contribution in [2.24, 2.45) is 0 Å². The minimum absolute atomic E-state index is 0.0276. The van der Waals surface area contributed by atoms with Gasteiger partial charge in [0.25, 0.3) is 5.88 Å². The van der Waals surface area contributed by atoms with E-state index >= 15 is 0 Å². The number of allylic oxidation sites excluding steroid dienone is 1. The molecular weight excluding hydrogens is 404 g/mol. The van der Waals surface area contributed by atoms with Crippen molar-refractivity contribution in [2.45, 2.75) is 18.9 Å². The van der Waals surface area contributed by atoms with Gasteiger partial charge in [0.15, 0.2) is 5.75 Å². The molecule has 3 aromatic rings. The summed E-state index contributed by atoms with van der Waals surface area (Å²) < 4.78 is 16.4. The van der Waals surface area contributed by atoms with E-state index in [9.17, 15) is 10.1 Å². The third-order valence-corrected chi connectivity index (χ3v) is 5.37. The Morgan fingerprint density at radius 3 is 2.41 bits per heavy atom. The Morgan fingerprint density at radius 1 is 1.03 bits per heavy atom. The zero-order chi connectivity index (χ0) is 22.5. The second kappa shape index (κ2) is 9.36. The third kappa shape index (κ3) is 4.47. The zero-order valence-electron chi connectivity index (χ0n) is 17.9. The minimum Gasteiger partial charge on any atom is -0.491 e. The van der Waals surface area contributed by atoms with E-state index in [0.29, 0.717) is 34.0 Å². The van der Waals surface area contributed by atoms with Crippen LogP contribution in [0.2, 0.25) is 0 Å². The first-order chi connectivity index (χ1) is 15.6. The molecule has 32 heavy (non-hydrogen) atoms. The summed E-state index contributed by atoms with van der Waals surface area (Å²) in [5.74, 6) is 0.462. The Morgan fingerprint density at radius 2 is 1.75 bits per heavy atom. The van der Waals surface area contributed by atoms with E-state index in [4.69, 9.17) is 14.2 Å². The molecule has 1 aliphatic rings. The summed E-state index contributed by atoms with van der Waals surface area (Å²) >= 11 is 0. The van der Waals surface area contributed by atoms with E-state index in [-0.39, 0.29) is 6.10 Å². The lowest BCUT2D eigenvalue weighted by atomic mass is 10.0. The molecule has 1 heterocycles. The third-order valence-electron chi connectivity index (χ3n) is 5.37. The Hall–Kier alpha value is -4.11. The number of fused-ring (bicyclic) bond motifs is 1. The van der Waals surface area contributed by atoms with Crippen LogP contribution in [0.25, 0.3) is 11.6 Å². The molecule has 0 atom stereocenters. The van der Waals surface area contributed by atoms with Gasteiger partial charge in [0.1, 0.15) is 6.10 Å². The Bertz CT molecular complexity index is 1200. The monoisotopic (exact) mass is 426 g/mol. The molecular formula is C26H22N2O4. The number of benzene rings is 2. The first-order valence-corrected chi connectivity index (χ1v) is 10.2. The van der Waals surface area contributed by atoms with Gasteiger partial charge in [-0.3, -0.25) is 0 Å². The Kier molecular flexibility index (Phi) is 6.18. The number of esters is 1. The van der Waals surface area contributed by atoms with Crippen molar-refractivity contribution < 1.29 is 19.0 Å². The molecule has 0 unspecified atom stereocenters. The van der Waals surface area contributed by atoms with Crippen molar-refractivity contribution in [3.8, 4) is 17.7 Å². The lowest BCUT2D eigenvalue weighted by Gasteiger charge is -2.15. The molecule has 0 amide bonds. The highest BCUT2D eigenvalue weighted by atomic mass is 16.5. The highest BCUT2D eigenvalue weighted by Crippen LogP contribution is 2.31. The molecule has 0 fully saturated rings. The predicted molar refractivity (Wildman–Crippen MR) is 120 cm³/mol. The topological polar surface area (TPSA) is 81.4 Å². The molecule has 0 aliphatic heterocycles. The molecule has 0 saturated carbocycles. The van der Waals surface area contributed by atoms with Crippen LogP contribution in [-0.2, 0) is 17.6 Å². The zero-order valence-corrected chi connectivity index (χ0v) is 17.9. The molecule has 0 saturated heterocycles. The number of hydrogen-bond acceptors (Lipinski definition) is 6. The standard InChI is InChI=1S/C26H22N2O4/c1-30-24-11-10-22(13-21(16-27)17-8-5-9-20(12-17)26(29)31-2)28-25(24)32-23-14-18-6-3-4-7-19(18)15-23/h3-13,23H,14-15H2,1-2H3/b21-13+. The smallest absolute Gasteiger partial charge is 0.337 e. The van der Waals surface area contributed by atoms with E-state index in [1.807, 2.05) is 12.1 Å².